The number of benzene rings is 1. The fourth-order valence-electron chi connectivity index (χ4n) is 1.89. The third kappa shape index (κ3) is 3.05. The van der Waals surface area contributed by atoms with Gasteiger partial charge >= 0.3 is 5.97 Å². The summed E-state index contributed by atoms with van der Waals surface area (Å²) in [5.74, 6) is -0.449. The maximum atomic E-state index is 11.8. The Labute approximate surface area is 111 Å². The lowest BCUT2D eigenvalue weighted by Crippen LogP contribution is -2.27. The molecule has 6 heteroatoms. The summed E-state index contributed by atoms with van der Waals surface area (Å²) in [6.07, 6.45) is 1.28. The van der Waals surface area contributed by atoms with Crippen LogP contribution in [0.2, 0.25) is 0 Å². The number of ether oxygens (including phenoxy) is 1. The van der Waals surface area contributed by atoms with E-state index in [2.05, 4.69) is 0 Å². The van der Waals surface area contributed by atoms with Crippen molar-refractivity contribution in [3.63, 3.8) is 0 Å². The second kappa shape index (κ2) is 5.32. The van der Waals surface area contributed by atoms with E-state index in [9.17, 15) is 13.2 Å². The van der Waals surface area contributed by atoms with E-state index in [1.54, 1.807) is 24.3 Å². The van der Waals surface area contributed by atoms with Crippen LogP contribution in [0, 0.1) is 0 Å². The smallest absolute Gasteiger partial charge is 0.338 e. The van der Waals surface area contributed by atoms with E-state index in [1.807, 2.05) is 12.3 Å². The molecule has 18 heavy (non-hydrogen) atoms. The van der Waals surface area contributed by atoms with Gasteiger partial charge in [-0.05, 0) is 18.4 Å². The molecule has 1 aliphatic rings. The first-order chi connectivity index (χ1) is 8.52. The summed E-state index contributed by atoms with van der Waals surface area (Å²) in [6, 6.07) is 8.60. The quantitative estimate of drug-likeness (QED) is 0.785. The lowest BCUT2D eigenvalue weighted by atomic mass is 10.2. The monoisotopic (exact) mass is 286 g/mol. The highest BCUT2D eigenvalue weighted by atomic mass is 32.2. The molecular weight excluding hydrogens is 272 g/mol. The Hall–Kier alpha value is -1.01. The van der Waals surface area contributed by atoms with Gasteiger partial charge in [0.15, 0.2) is 9.84 Å². The van der Waals surface area contributed by atoms with Crippen molar-refractivity contribution in [1.29, 1.82) is 0 Å². The van der Waals surface area contributed by atoms with E-state index in [-0.39, 0.29) is 16.8 Å². The fourth-order valence-corrected chi connectivity index (χ4v) is 5.29. The molecule has 0 bridgehead atoms. The van der Waals surface area contributed by atoms with Crippen LogP contribution in [0.5, 0.6) is 0 Å². The summed E-state index contributed by atoms with van der Waals surface area (Å²) in [5, 5.41) is -0.164. The van der Waals surface area contributed by atoms with Crippen molar-refractivity contribution >= 4 is 27.6 Å². The largest absolute Gasteiger partial charge is 0.456 e. The molecule has 1 aromatic carbocycles. The highest BCUT2D eigenvalue weighted by Crippen LogP contribution is 2.26. The van der Waals surface area contributed by atoms with Gasteiger partial charge in [0.2, 0.25) is 0 Å². The van der Waals surface area contributed by atoms with Gasteiger partial charge in [0, 0.05) is 0 Å². The van der Waals surface area contributed by atoms with E-state index >= 15 is 0 Å². The van der Waals surface area contributed by atoms with Gasteiger partial charge in [-0.2, -0.15) is 11.8 Å². The van der Waals surface area contributed by atoms with E-state index in [1.165, 1.54) is 11.8 Å². The molecule has 0 radical (unpaired) electrons. The van der Waals surface area contributed by atoms with E-state index in [0.717, 1.165) is 0 Å². The second-order valence-corrected chi connectivity index (χ2v) is 7.39. The number of hydrogen-bond donors (Lipinski definition) is 0. The lowest BCUT2D eigenvalue weighted by Gasteiger charge is -2.16. The van der Waals surface area contributed by atoms with Crippen LogP contribution in [-0.4, -0.2) is 43.5 Å². The Balaban J connectivity index is 2.08. The van der Waals surface area contributed by atoms with E-state index in [0.29, 0.717) is 5.56 Å². The summed E-state index contributed by atoms with van der Waals surface area (Å²) < 4.78 is 28.3. The van der Waals surface area contributed by atoms with Crippen molar-refractivity contribution < 1.29 is 17.9 Å². The number of sulfone groups is 1. The Morgan fingerprint density at radius 3 is 2.56 bits per heavy atom. The van der Waals surface area contributed by atoms with Crippen molar-refractivity contribution in [2.45, 2.75) is 11.4 Å². The first-order valence-electron chi connectivity index (χ1n) is 5.51. The van der Waals surface area contributed by atoms with Gasteiger partial charge in [-0.25, -0.2) is 13.2 Å². The zero-order valence-corrected chi connectivity index (χ0v) is 11.5. The molecule has 0 spiro atoms. The van der Waals surface area contributed by atoms with Crippen LogP contribution in [0.3, 0.4) is 0 Å². The average Bonchev–Trinajstić information content (AvgIpc) is 2.65. The third-order valence-corrected chi connectivity index (χ3v) is 5.81. The van der Waals surface area contributed by atoms with Gasteiger partial charge in [-0.15, -0.1) is 0 Å². The molecule has 2 rings (SSSR count). The van der Waals surface area contributed by atoms with Crippen LogP contribution >= 0.6 is 11.8 Å². The zero-order chi connectivity index (χ0) is 13.2. The van der Waals surface area contributed by atoms with Gasteiger partial charge in [-0.1, -0.05) is 18.2 Å². The molecule has 4 nitrogen and oxygen atoms in total. The number of rotatable bonds is 3. The SMILES string of the molecule is CS[C@@H]1CS(=O)(=O)C[C@H]1OC(=O)c1ccccc1. The fraction of sp³-hybridized carbons (Fsp3) is 0.417. The molecular formula is C12H14O4S2. The van der Waals surface area contributed by atoms with Crippen molar-refractivity contribution in [3.05, 3.63) is 35.9 Å². The van der Waals surface area contributed by atoms with E-state index in [4.69, 9.17) is 4.74 Å². The van der Waals surface area contributed by atoms with Gasteiger partial charge in [-0.3, -0.25) is 0 Å². The first kappa shape index (κ1) is 13.4. The first-order valence-corrected chi connectivity index (χ1v) is 8.62. The molecule has 0 N–H and O–H groups in total. The predicted octanol–water partition coefficient (Wildman–Crippen LogP) is 1.37. The van der Waals surface area contributed by atoms with Gasteiger partial charge in [0.25, 0.3) is 0 Å². The summed E-state index contributed by atoms with van der Waals surface area (Å²) in [6.45, 7) is 0. The minimum absolute atomic E-state index is 0.0723. The lowest BCUT2D eigenvalue weighted by molar-refractivity contribution is 0.0366. The van der Waals surface area contributed by atoms with Crippen molar-refractivity contribution in [3.8, 4) is 0 Å². The standard InChI is InChI=1S/C12H14O4S2/c1-17-11-8-18(14,15)7-10(11)16-12(13)9-5-3-2-4-6-9/h2-6,10-11H,7-8H2,1H3/t10-,11-/m1/s1. The predicted molar refractivity (Wildman–Crippen MR) is 71.6 cm³/mol. The van der Waals surface area contributed by atoms with Gasteiger partial charge in [0.05, 0.1) is 22.3 Å². The van der Waals surface area contributed by atoms with Crippen LogP contribution < -0.4 is 0 Å². The van der Waals surface area contributed by atoms with Crippen LogP contribution in [-0.2, 0) is 14.6 Å². The summed E-state index contributed by atoms with van der Waals surface area (Å²) >= 11 is 1.42. The summed E-state index contributed by atoms with van der Waals surface area (Å²) in [4.78, 5) is 11.8. The minimum Gasteiger partial charge on any atom is -0.456 e. The Kier molecular flexibility index (Phi) is 3.97. The molecule has 98 valence electrons. The van der Waals surface area contributed by atoms with Crippen molar-refractivity contribution in [1.82, 2.24) is 0 Å². The number of thioether (sulfide) groups is 1. The normalized spacial score (nSPS) is 25.8. The van der Waals surface area contributed by atoms with Crippen LogP contribution in [0.4, 0.5) is 0 Å². The maximum absolute atomic E-state index is 11.8. The van der Waals surface area contributed by atoms with E-state index < -0.39 is 21.9 Å². The number of carbonyl (C=O) groups excluding carboxylic acids is 1. The van der Waals surface area contributed by atoms with Crippen LogP contribution in [0.1, 0.15) is 10.4 Å². The van der Waals surface area contributed by atoms with Gasteiger partial charge in [0.1, 0.15) is 6.10 Å². The maximum Gasteiger partial charge on any atom is 0.338 e. The Morgan fingerprint density at radius 2 is 1.94 bits per heavy atom. The summed E-state index contributed by atoms with van der Waals surface area (Å²) in [7, 11) is -3.08. The van der Waals surface area contributed by atoms with Crippen molar-refractivity contribution in [2.75, 3.05) is 17.8 Å². The molecule has 0 aliphatic carbocycles. The minimum atomic E-state index is -3.08. The average molecular weight is 286 g/mol. The highest BCUT2D eigenvalue weighted by molar-refractivity contribution is 8.01. The molecule has 1 fully saturated rings. The topological polar surface area (TPSA) is 60.4 Å². The molecule has 0 unspecified atom stereocenters. The third-order valence-electron chi connectivity index (χ3n) is 2.82. The van der Waals surface area contributed by atoms with Crippen LogP contribution in [0.25, 0.3) is 0 Å². The number of esters is 1. The summed E-state index contributed by atoms with van der Waals surface area (Å²) in [5.41, 5.74) is 0.446. The molecule has 1 aliphatic heterocycles. The highest BCUT2D eigenvalue weighted by Gasteiger charge is 2.39. The number of carbonyl (C=O) groups is 1. The molecule has 1 heterocycles. The van der Waals surface area contributed by atoms with Gasteiger partial charge < -0.3 is 4.74 Å². The molecule has 0 amide bonds. The molecule has 0 aromatic heterocycles. The second-order valence-electron chi connectivity index (χ2n) is 4.16. The molecule has 0 saturated carbocycles. The number of hydrogen-bond acceptors (Lipinski definition) is 5. The Morgan fingerprint density at radius 1 is 1.28 bits per heavy atom. The Bertz CT molecular complexity index is 524. The molecule has 1 aromatic rings. The zero-order valence-electron chi connectivity index (χ0n) is 9.91. The molecule has 1 saturated heterocycles. The van der Waals surface area contributed by atoms with Crippen molar-refractivity contribution in [2.24, 2.45) is 0 Å². The molecule has 2 atom stereocenters. The van der Waals surface area contributed by atoms with Crippen LogP contribution in [0.15, 0.2) is 30.3 Å².